The number of benzene rings is 1. The van der Waals surface area contributed by atoms with Crippen molar-refractivity contribution in [2.75, 3.05) is 11.9 Å². The molecule has 0 unspecified atom stereocenters. The van der Waals surface area contributed by atoms with Crippen LogP contribution in [-0.2, 0) is 0 Å². The van der Waals surface area contributed by atoms with Gasteiger partial charge in [0.2, 0.25) is 0 Å². The monoisotopic (exact) mass is 190 g/mol. The standard InChI is InChI=1S/C11H14N2O/c1-9(2)13-10-4-3-5-11(8-10)14-7-6-12/h3-5,8-9,13H,7H2,1-2H3. The van der Waals surface area contributed by atoms with Gasteiger partial charge in [0, 0.05) is 17.8 Å². The molecule has 74 valence electrons. The fourth-order valence-electron chi connectivity index (χ4n) is 1.12. The van der Waals surface area contributed by atoms with Gasteiger partial charge in [0.25, 0.3) is 0 Å². The first-order valence-corrected chi connectivity index (χ1v) is 4.58. The smallest absolute Gasteiger partial charge is 0.174 e. The SMILES string of the molecule is CC(C)Nc1cccc(OCC#N)c1. The maximum Gasteiger partial charge on any atom is 0.174 e. The van der Waals surface area contributed by atoms with Crippen LogP contribution in [0.4, 0.5) is 5.69 Å². The van der Waals surface area contributed by atoms with Crippen LogP contribution in [0.5, 0.6) is 5.75 Å². The Labute approximate surface area is 84.3 Å². The van der Waals surface area contributed by atoms with E-state index in [4.69, 9.17) is 10.00 Å². The van der Waals surface area contributed by atoms with Crippen LogP contribution in [0, 0.1) is 11.3 Å². The molecule has 3 heteroatoms. The minimum Gasteiger partial charge on any atom is -0.479 e. The summed E-state index contributed by atoms with van der Waals surface area (Å²) < 4.78 is 5.18. The minimum absolute atomic E-state index is 0.0884. The number of hydrogen-bond donors (Lipinski definition) is 1. The zero-order valence-corrected chi connectivity index (χ0v) is 8.45. The topological polar surface area (TPSA) is 45.0 Å². The maximum absolute atomic E-state index is 8.35. The normalized spacial score (nSPS) is 9.57. The number of nitrogens with zero attached hydrogens (tertiary/aromatic N) is 1. The van der Waals surface area contributed by atoms with E-state index in [9.17, 15) is 0 Å². The van der Waals surface area contributed by atoms with Crippen LogP contribution in [0.1, 0.15) is 13.8 Å². The third-order valence-electron chi connectivity index (χ3n) is 1.59. The predicted octanol–water partition coefficient (Wildman–Crippen LogP) is 2.41. The molecule has 0 saturated heterocycles. The fourth-order valence-corrected chi connectivity index (χ4v) is 1.12. The molecule has 1 rings (SSSR count). The van der Waals surface area contributed by atoms with Crippen molar-refractivity contribution < 1.29 is 4.74 Å². The molecule has 1 aromatic rings. The van der Waals surface area contributed by atoms with Crippen molar-refractivity contribution in [3.8, 4) is 11.8 Å². The first kappa shape index (κ1) is 10.4. The van der Waals surface area contributed by atoms with E-state index in [2.05, 4.69) is 19.2 Å². The summed E-state index contributed by atoms with van der Waals surface area (Å²) in [6, 6.07) is 9.92. The zero-order chi connectivity index (χ0) is 10.4. The quantitative estimate of drug-likeness (QED) is 0.793. The molecule has 1 aromatic carbocycles. The first-order valence-electron chi connectivity index (χ1n) is 4.58. The predicted molar refractivity (Wildman–Crippen MR) is 56.3 cm³/mol. The zero-order valence-electron chi connectivity index (χ0n) is 8.45. The van der Waals surface area contributed by atoms with E-state index >= 15 is 0 Å². The van der Waals surface area contributed by atoms with Gasteiger partial charge < -0.3 is 10.1 Å². The molecule has 0 saturated carbocycles. The molecule has 0 aliphatic carbocycles. The lowest BCUT2D eigenvalue weighted by atomic mass is 10.2. The van der Waals surface area contributed by atoms with Gasteiger partial charge in [0.05, 0.1) is 0 Å². The van der Waals surface area contributed by atoms with E-state index in [0.717, 1.165) is 11.4 Å². The summed E-state index contributed by atoms with van der Waals surface area (Å²) in [5, 5.41) is 11.6. The number of ether oxygens (including phenoxy) is 1. The number of nitriles is 1. The highest BCUT2D eigenvalue weighted by atomic mass is 16.5. The van der Waals surface area contributed by atoms with Crippen LogP contribution >= 0.6 is 0 Å². The number of rotatable bonds is 4. The number of nitrogens with one attached hydrogen (secondary N) is 1. The largest absolute Gasteiger partial charge is 0.479 e. The summed E-state index contributed by atoms with van der Waals surface area (Å²) >= 11 is 0. The Morgan fingerprint density at radius 2 is 2.29 bits per heavy atom. The number of anilines is 1. The highest BCUT2D eigenvalue weighted by molar-refractivity contribution is 5.48. The van der Waals surface area contributed by atoms with Crippen molar-refractivity contribution >= 4 is 5.69 Å². The van der Waals surface area contributed by atoms with Crippen molar-refractivity contribution in [2.24, 2.45) is 0 Å². The Morgan fingerprint density at radius 3 is 2.93 bits per heavy atom. The second kappa shape index (κ2) is 5.13. The van der Waals surface area contributed by atoms with Crippen molar-refractivity contribution in [1.29, 1.82) is 5.26 Å². The van der Waals surface area contributed by atoms with Crippen LogP contribution in [0.3, 0.4) is 0 Å². The molecule has 0 aliphatic rings. The first-order chi connectivity index (χ1) is 6.72. The Bertz CT molecular complexity index is 328. The molecule has 0 amide bonds. The summed E-state index contributed by atoms with van der Waals surface area (Å²) in [7, 11) is 0. The van der Waals surface area contributed by atoms with Gasteiger partial charge in [-0.3, -0.25) is 0 Å². The molecule has 1 N–H and O–H groups in total. The highest BCUT2D eigenvalue weighted by Gasteiger charge is 1.97. The molecule has 0 bridgehead atoms. The lowest BCUT2D eigenvalue weighted by Gasteiger charge is -2.10. The van der Waals surface area contributed by atoms with Crippen LogP contribution in [0.15, 0.2) is 24.3 Å². The van der Waals surface area contributed by atoms with Crippen molar-refractivity contribution in [2.45, 2.75) is 19.9 Å². The van der Waals surface area contributed by atoms with E-state index in [1.807, 2.05) is 30.3 Å². The lowest BCUT2D eigenvalue weighted by molar-refractivity contribution is 0.368. The Morgan fingerprint density at radius 1 is 1.50 bits per heavy atom. The molecule has 0 aromatic heterocycles. The van der Waals surface area contributed by atoms with Crippen molar-refractivity contribution in [1.82, 2.24) is 0 Å². The molecule has 0 spiro atoms. The van der Waals surface area contributed by atoms with E-state index in [1.165, 1.54) is 0 Å². The maximum atomic E-state index is 8.35. The fraction of sp³-hybridized carbons (Fsp3) is 0.364. The van der Waals surface area contributed by atoms with E-state index in [-0.39, 0.29) is 6.61 Å². The van der Waals surface area contributed by atoms with E-state index in [0.29, 0.717) is 6.04 Å². The third-order valence-corrected chi connectivity index (χ3v) is 1.59. The number of hydrogen-bond acceptors (Lipinski definition) is 3. The summed E-state index contributed by atoms with van der Waals surface area (Å²) in [4.78, 5) is 0. The van der Waals surface area contributed by atoms with E-state index < -0.39 is 0 Å². The van der Waals surface area contributed by atoms with Crippen LogP contribution in [0.25, 0.3) is 0 Å². The Balaban J connectivity index is 2.65. The van der Waals surface area contributed by atoms with Crippen LogP contribution in [-0.4, -0.2) is 12.6 Å². The molecule has 3 nitrogen and oxygen atoms in total. The molecule has 14 heavy (non-hydrogen) atoms. The van der Waals surface area contributed by atoms with Gasteiger partial charge in [-0.25, -0.2) is 0 Å². The van der Waals surface area contributed by atoms with Gasteiger partial charge in [-0.1, -0.05) is 6.07 Å². The van der Waals surface area contributed by atoms with Crippen molar-refractivity contribution in [3.63, 3.8) is 0 Å². The van der Waals surface area contributed by atoms with Gasteiger partial charge in [0.1, 0.15) is 11.8 Å². The van der Waals surface area contributed by atoms with Gasteiger partial charge >= 0.3 is 0 Å². The molecule has 0 fully saturated rings. The van der Waals surface area contributed by atoms with Crippen LogP contribution < -0.4 is 10.1 Å². The summed E-state index contributed by atoms with van der Waals surface area (Å²) in [6.07, 6.45) is 0. The van der Waals surface area contributed by atoms with E-state index in [1.54, 1.807) is 0 Å². The average Bonchev–Trinajstić information content (AvgIpc) is 2.14. The van der Waals surface area contributed by atoms with Gasteiger partial charge in [-0.2, -0.15) is 5.26 Å². The Kier molecular flexibility index (Phi) is 3.81. The molecule has 0 atom stereocenters. The summed E-state index contributed by atoms with van der Waals surface area (Å²) in [5.41, 5.74) is 1.01. The van der Waals surface area contributed by atoms with Gasteiger partial charge in [0.15, 0.2) is 6.61 Å². The Hall–Kier alpha value is -1.69. The minimum atomic E-state index is 0.0884. The second-order valence-electron chi connectivity index (χ2n) is 3.27. The molecular weight excluding hydrogens is 176 g/mol. The summed E-state index contributed by atoms with van der Waals surface area (Å²) in [6.45, 7) is 4.23. The lowest BCUT2D eigenvalue weighted by Crippen LogP contribution is -2.09. The molecular formula is C11H14N2O. The molecule has 0 radical (unpaired) electrons. The molecule has 0 heterocycles. The highest BCUT2D eigenvalue weighted by Crippen LogP contribution is 2.17. The second-order valence-corrected chi connectivity index (χ2v) is 3.27. The molecule has 0 aliphatic heterocycles. The summed E-state index contributed by atoms with van der Waals surface area (Å²) in [5.74, 6) is 0.720. The third kappa shape index (κ3) is 3.36. The van der Waals surface area contributed by atoms with Crippen molar-refractivity contribution in [3.05, 3.63) is 24.3 Å². The van der Waals surface area contributed by atoms with Gasteiger partial charge in [-0.15, -0.1) is 0 Å². The average molecular weight is 190 g/mol. The van der Waals surface area contributed by atoms with Crippen LogP contribution in [0.2, 0.25) is 0 Å². The van der Waals surface area contributed by atoms with Gasteiger partial charge in [-0.05, 0) is 26.0 Å².